The number of nitrogens with zero attached hydrogens (tertiary/aromatic N) is 3. The van der Waals surface area contributed by atoms with E-state index in [1.54, 1.807) is 12.4 Å². The van der Waals surface area contributed by atoms with Gasteiger partial charge in [0.2, 0.25) is 0 Å². The first kappa shape index (κ1) is 14.9. The zero-order valence-corrected chi connectivity index (χ0v) is 12.9. The summed E-state index contributed by atoms with van der Waals surface area (Å²) < 4.78 is 0. The van der Waals surface area contributed by atoms with Gasteiger partial charge in [-0.1, -0.05) is 25.5 Å². The summed E-state index contributed by atoms with van der Waals surface area (Å²) in [6, 6.07) is 10.0. The Morgan fingerprint density at radius 3 is 2.52 bits per heavy atom. The van der Waals surface area contributed by atoms with Gasteiger partial charge in [-0.25, -0.2) is 9.97 Å². The lowest BCUT2D eigenvalue weighted by molar-refractivity contribution is 1.19. The Bertz CT molecular complexity index is 723. The fourth-order valence-corrected chi connectivity index (χ4v) is 2.06. The summed E-state index contributed by atoms with van der Waals surface area (Å²) in [5.74, 6) is 1.53. The molecule has 0 saturated heterocycles. The van der Waals surface area contributed by atoms with Gasteiger partial charge in [-0.2, -0.15) is 0 Å². The zero-order chi connectivity index (χ0) is 15.2. The number of pyridine rings is 1. The lowest BCUT2D eigenvalue weighted by atomic mass is 10.1. The molecule has 2 heterocycles. The zero-order valence-electron chi connectivity index (χ0n) is 12.9. The van der Waals surface area contributed by atoms with Gasteiger partial charge in [0.05, 0.1) is 5.52 Å². The Balaban J connectivity index is 0.000000774. The van der Waals surface area contributed by atoms with Crippen molar-refractivity contribution in [3.63, 3.8) is 0 Å². The fraction of sp³-hybridized carbons (Fsp3) is 0.235. The second-order valence-electron chi connectivity index (χ2n) is 4.41. The number of fused-ring (bicyclic) bond motifs is 1. The number of hydrogen-bond donors (Lipinski definition) is 1. The molecule has 3 aromatic rings. The molecule has 0 bridgehead atoms. The van der Waals surface area contributed by atoms with Crippen molar-refractivity contribution in [3.05, 3.63) is 48.3 Å². The molecule has 0 radical (unpaired) electrons. The monoisotopic (exact) mass is 280 g/mol. The van der Waals surface area contributed by atoms with Crippen molar-refractivity contribution in [3.8, 4) is 11.4 Å². The molecule has 3 rings (SSSR count). The molecule has 0 saturated carbocycles. The van der Waals surface area contributed by atoms with Gasteiger partial charge in [-0.15, -0.1) is 0 Å². The molecule has 0 atom stereocenters. The minimum absolute atomic E-state index is 0.689. The molecule has 4 nitrogen and oxygen atoms in total. The van der Waals surface area contributed by atoms with Gasteiger partial charge in [-0.05, 0) is 31.2 Å². The largest absolute Gasteiger partial charge is 0.373 e. The van der Waals surface area contributed by atoms with Crippen molar-refractivity contribution < 1.29 is 0 Å². The summed E-state index contributed by atoms with van der Waals surface area (Å²) in [6.45, 7) is 6.06. The molecule has 0 aliphatic rings. The minimum atomic E-state index is 0.689. The summed E-state index contributed by atoms with van der Waals surface area (Å²) in [6.07, 6.45) is 3.52. The van der Waals surface area contributed by atoms with Crippen LogP contribution in [0.4, 0.5) is 5.82 Å². The summed E-state index contributed by atoms with van der Waals surface area (Å²) in [5, 5.41) is 4.17. The van der Waals surface area contributed by atoms with E-state index in [2.05, 4.69) is 39.3 Å². The summed E-state index contributed by atoms with van der Waals surface area (Å²) in [5.41, 5.74) is 3.05. The average Bonchev–Trinajstić information content (AvgIpc) is 2.56. The van der Waals surface area contributed by atoms with Crippen molar-refractivity contribution in [1.29, 1.82) is 0 Å². The summed E-state index contributed by atoms with van der Waals surface area (Å²) >= 11 is 0. The maximum Gasteiger partial charge on any atom is 0.163 e. The molecule has 0 spiro atoms. The van der Waals surface area contributed by atoms with E-state index in [1.165, 1.54) is 5.56 Å². The number of hydrogen-bond acceptors (Lipinski definition) is 4. The second-order valence-corrected chi connectivity index (χ2v) is 4.41. The molecular formula is C17H20N4. The Kier molecular flexibility index (Phi) is 4.82. The molecule has 108 valence electrons. The van der Waals surface area contributed by atoms with E-state index in [4.69, 9.17) is 0 Å². The third-order valence-corrected chi connectivity index (χ3v) is 3.01. The molecule has 4 heteroatoms. The predicted molar refractivity (Wildman–Crippen MR) is 88.4 cm³/mol. The van der Waals surface area contributed by atoms with Crippen LogP contribution in [-0.2, 0) is 0 Å². The molecule has 1 aromatic carbocycles. The molecule has 0 unspecified atom stereocenters. The summed E-state index contributed by atoms with van der Waals surface area (Å²) in [7, 11) is 1.87. The molecule has 0 aliphatic heterocycles. The van der Waals surface area contributed by atoms with Crippen LogP contribution in [0.3, 0.4) is 0 Å². The SMILES string of the molecule is CC.CNc1nc(-c2cccnc2)nc2ccc(C)cc12. The average molecular weight is 280 g/mol. The van der Waals surface area contributed by atoms with E-state index in [-0.39, 0.29) is 0 Å². The van der Waals surface area contributed by atoms with Crippen LogP contribution in [0.15, 0.2) is 42.7 Å². The minimum Gasteiger partial charge on any atom is -0.373 e. The van der Waals surface area contributed by atoms with Crippen LogP contribution in [0.2, 0.25) is 0 Å². The van der Waals surface area contributed by atoms with E-state index in [0.717, 1.165) is 22.3 Å². The second kappa shape index (κ2) is 6.79. The Morgan fingerprint density at radius 2 is 1.86 bits per heavy atom. The highest BCUT2D eigenvalue weighted by Gasteiger charge is 2.08. The standard InChI is InChI=1S/C15H14N4.C2H6/c1-10-5-6-13-12(8-10)15(16-2)19-14(18-13)11-4-3-7-17-9-11;1-2/h3-9H,1-2H3,(H,16,18,19);1-2H3. The number of aryl methyl sites for hydroxylation is 1. The lowest BCUT2D eigenvalue weighted by Crippen LogP contribution is -1.99. The Morgan fingerprint density at radius 1 is 1.05 bits per heavy atom. The van der Waals surface area contributed by atoms with Crippen molar-refractivity contribution in [1.82, 2.24) is 15.0 Å². The van der Waals surface area contributed by atoms with E-state index >= 15 is 0 Å². The van der Waals surface area contributed by atoms with Gasteiger partial charge in [0.15, 0.2) is 5.82 Å². The smallest absolute Gasteiger partial charge is 0.163 e. The molecule has 0 amide bonds. The van der Waals surface area contributed by atoms with E-state index < -0.39 is 0 Å². The maximum absolute atomic E-state index is 4.60. The van der Waals surface area contributed by atoms with Gasteiger partial charge in [0.25, 0.3) is 0 Å². The van der Waals surface area contributed by atoms with Crippen LogP contribution in [0.1, 0.15) is 19.4 Å². The number of rotatable bonds is 2. The fourth-order valence-electron chi connectivity index (χ4n) is 2.06. The van der Waals surface area contributed by atoms with Crippen LogP contribution in [0.25, 0.3) is 22.3 Å². The molecule has 0 fully saturated rings. The first-order valence-corrected chi connectivity index (χ1v) is 7.14. The number of aromatic nitrogens is 3. The van der Waals surface area contributed by atoms with Crippen LogP contribution in [0.5, 0.6) is 0 Å². The normalized spacial score (nSPS) is 9.90. The highest BCUT2D eigenvalue weighted by Crippen LogP contribution is 2.25. The van der Waals surface area contributed by atoms with Gasteiger partial charge >= 0.3 is 0 Å². The topological polar surface area (TPSA) is 50.7 Å². The van der Waals surface area contributed by atoms with E-state index in [1.807, 2.05) is 39.1 Å². The number of nitrogens with one attached hydrogen (secondary N) is 1. The van der Waals surface area contributed by atoms with Gasteiger partial charge < -0.3 is 5.32 Å². The number of anilines is 1. The Hall–Kier alpha value is -2.49. The van der Waals surface area contributed by atoms with Crippen molar-refractivity contribution >= 4 is 16.7 Å². The highest BCUT2D eigenvalue weighted by molar-refractivity contribution is 5.91. The van der Waals surface area contributed by atoms with Gasteiger partial charge in [0.1, 0.15) is 5.82 Å². The van der Waals surface area contributed by atoms with Crippen molar-refractivity contribution in [2.45, 2.75) is 20.8 Å². The van der Waals surface area contributed by atoms with E-state index in [9.17, 15) is 0 Å². The highest BCUT2D eigenvalue weighted by atomic mass is 15.0. The first-order chi connectivity index (χ1) is 10.3. The molecule has 0 aliphatic carbocycles. The Labute approximate surface area is 125 Å². The molecule has 1 N–H and O–H groups in total. The molecule has 2 aromatic heterocycles. The van der Waals surface area contributed by atoms with Crippen LogP contribution in [-0.4, -0.2) is 22.0 Å². The van der Waals surface area contributed by atoms with Gasteiger partial charge in [-0.3, -0.25) is 4.98 Å². The predicted octanol–water partition coefficient (Wildman–Crippen LogP) is 4.07. The lowest BCUT2D eigenvalue weighted by Gasteiger charge is -2.08. The van der Waals surface area contributed by atoms with Crippen LogP contribution in [0, 0.1) is 6.92 Å². The maximum atomic E-state index is 4.60. The van der Waals surface area contributed by atoms with Crippen LogP contribution < -0.4 is 5.32 Å². The van der Waals surface area contributed by atoms with Crippen molar-refractivity contribution in [2.24, 2.45) is 0 Å². The van der Waals surface area contributed by atoms with Gasteiger partial charge in [0, 0.05) is 30.4 Å². The third-order valence-electron chi connectivity index (χ3n) is 3.01. The van der Waals surface area contributed by atoms with Crippen molar-refractivity contribution in [2.75, 3.05) is 12.4 Å². The van der Waals surface area contributed by atoms with Crippen LogP contribution >= 0.6 is 0 Å². The molecular weight excluding hydrogens is 260 g/mol. The summed E-state index contributed by atoms with van der Waals surface area (Å²) in [4.78, 5) is 13.3. The third kappa shape index (κ3) is 3.16. The quantitative estimate of drug-likeness (QED) is 0.769. The van der Waals surface area contributed by atoms with E-state index in [0.29, 0.717) is 5.82 Å². The first-order valence-electron chi connectivity index (χ1n) is 7.14. The number of benzene rings is 1. The molecule has 21 heavy (non-hydrogen) atoms.